The summed E-state index contributed by atoms with van der Waals surface area (Å²) in [6, 6.07) is 9.95. The molecule has 1 aliphatic rings. The molecule has 5 nitrogen and oxygen atoms in total. The third-order valence-corrected chi connectivity index (χ3v) is 5.40. The van der Waals surface area contributed by atoms with Gasteiger partial charge in [-0.15, -0.1) is 0 Å². The van der Waals surface area contributed by atoms with Crippen LogP contribution in [0.1, 0.15) is 45.1 Å². The van der Waals surface area contributed by atoms with Crippen LogP contribution in [-0.2, 0) is 16.0 Å². The Kier molecular flexibility index (Phi) is 6.59. The molecule has 1 aromatic rings. The second-order valence-corrected chi connectivity index (χ2v) is 7.20. The van der Waals surface area contributed by atoms with Crippen LogP contribution in [0.3, 0.4) is 0 Å². The van der Waals surface area contributed by atoms with E-state index in [2.05, 4.69) is 6.92 Å². The second kappa shape index (κ2) is 8.48. The minimum absolute atomic E-state index is 0.0291. The summed E-state index contributed by atoms with van der Waals surface area (Å²) in [4.78, 5) is 26.4. The molecule has 0 bridgehead atoms. The zero-order chi connectivity index (χ0) is 18.4. The summed E-state index contributed by atoms with van der Waals surface area (Å²) in [7, 11) is 0. The number of unbranched alkanes of at least 4 members (excludes halogenated alkanes) is 1. The summed E-state index contributed by atoms with van der Waals surface area (Å²) in [5.74, 6) is -1.28. The fourth-order valence-corrected chi connectivity index (χ4v) is 3.71. The van der Waals surface area contributed by atoms with E-state index in [1.807, 2.05) is 37.3 Å². The van der Waals surface area contributed by atoms with Crippen LogP contribution in [0.5, 0.6) is 0 Å². The number of nitrogens with zero attached hydrogens (tertiary/aromatic N) is 1. The molecule has 5 heteroatoms. The zero-order valence-corrected chi connectivity index (χ0v) is 15.3. The van der Waals surface area contributed by atoms with Crippen molar-refractivity contribution < 1.29 is 14.7 Å². The number of likely N-dealkylation sites (tertiary alicyclic amines) is 1. The maximum Gasteiger partial charge on any atom is 0.325 e. The van der Waals surface area contributed by atoms with Crippen molar-refractivity contribution in [3.05, 3.63) is 35.9 Å². The molecular weight excluding hydrogens is 316 g/mol. The smallest absolute Gasteiger partial charge is 0.325 e. The van der Waals surface area contributed by atoms with Gasteiger partial charge in [-0.1, -0.05) is 57.0 Å². The Labute approximate surface area is 150 Å². The molecule has 3 N–H and O–H groups in total. The monoisotopic (exact) mass is 346 g/mol. The van der Waals surface area contributed by atoms with Crippen LogP contribution in [0.2, 0.25) is 0 Å². The lowest BCUT2D eigenvalue weighted by atomic mass is 9.84. The number of hydrogen-bond donors (Lipinski definition) is 2. The first-order valence-corrected chi connectivity index (χ1v) is 9.27. The average Bonchev–Trinajstić information content (AvgIpc) is 2.96. The molecule has 25 heavy (non-hydrogen) atoms. The highest BCUT2D eigenvalue weighted by Crippen LogP contribution is 2.32. The van der Waals surface area contributed by atoms with Gasteiger partial charge in [0.15, 0.2) is 0 Å². The third kappa shape index (κ3) is 4.40. The minimum Gasteiger partial charge on any atom is -0.480 e. The fourth-order valence-electron chi connectivity index (χ4n) is 3.71. The number of amides is 1. The van der Waals surface area contributed by atoms with Crippen LogP contribution in [0.15, 0.2) is 30.3 Å². The summed E-state index contributed by atoms with van der Waals surface area (Å²) in [6.07, 6.45) is 4.08. The normalized spacial score (nSPS) is 24.3. The van der Waals surface area contributed by atoms with Gasteiger partial charge in [0.2, 0.25) is 5.91 Å². The van der Waals surface area contributed by atoms with Crippen molar-refractivity contribution in [1.29, 1.82) is 0 Å². The van der Waals surface area contributed by atoms with Gasteiger partial charge >= 0.3 is 5.97 Å². The number of hydrogen-bond acceptors (Lipinski definition) is 3. The molecule has 138 valence electrons. The molecule has 3 unspecified atom stereocenters. The maximum atomic E-state index is 13.0. The van der Waals surface area contributed by atoms with E-state index in [1.165, 1.54) is 0 Å². The van der Waals surface area contributed by atoms with Crippen LogP contribution in [-0.4, -0.2) is 40.5 Å². The van der Waals surface area contributed by atoms with E-state index in [1.54, 1.807) is 4.90 Å². The minimum atomic E-state index is -1.32. The average molecular weight is 346 g/mol. The number of benzene rings is 1. The second-order valence-electron chi connectivity index (χ2n) is 7.20. The zero-order valence-electron chi connectivity index (χ0n) is 15.3. The van der Waals surface area contributed by atoms with Gasteiger partial charge in [-0.05, 0) is 24.8 Å². The maximum absolute atomic E-state index is 13.0. The summed E-state index contributed by atoms with van der Waals surface area (Å²) in [6.45, 7) is 4.64. The molecule has 0 aromatic heterocycles. The molecule has 0 radical (unpaired) electrons. The lowest BCUT2D eigenvalue weighted by molar-refractivity contribution is -0.144. The number of rotatable bonds is 8. The summed E-state index contributed by atoms with van der Waals surface area (Å²) < 4.78 is 0. The molecule has 1 fully saturated rings. The lowest BCUT2D eigenvalue weighted by Gasteiger charge is -2.25. The molecule has 0 aliphatic carbocycles. The molecule has 0 saturated carbocycles. The number of carboxylic acids is 1. The Balaban J connectivity index is 2.10. The third-order valence-electron chi connectivity index (χ3n) is 5.40. The van der Waals surface area contributed by atoms with Crippen LogP contribution < -0.4 is 5.73 Å². The number of carbonyl (C=O) groups is 2. The molecule has 1 aliphatic heterocycles. The highest BCUT2D eigenvalue weighted by atomic mass is 16.4. The van der Waals surface area contributed by atoms with Gasteiger partial charge in [0.1, 0.15) is 5.54 Å². The number of aliphatic carboxylic acids is 1. The van der Waals surface area contributed by atoms with Crippen molar-refractivity contribution >= 4 is 11.9 Å². The van der Waals surface area contributed by atoms with Crippen LogP contribution in [0.25, 0.3) is 0 Å². The first-order chi connectivity index (χ1) is 11.9. The SMILES string of the molecule is CCCCC1CN(C(=O)C(CC)Cc2ccccc2)CC1(N)C(=O)O. The van der Waals surface area contributed by atoms with Gasteiger partial charge in [0.05, 0.1) is 0 Å². The van der Waals surface area contributed by atoms with E-state index in [4.69, 9.17) is 5.73 Å². The number of nitrogens with two attached hydrogens (primary N) is 1. The van der Waals surface area contributed by atoms with Gasteiger partial charge in [0, 0.05) is 24.9 Å². The summed E-state index contributed by atoms with van der Waals surface area (Å²) in [5.41, 5.74) is 6.02. The van der Waals surface area contributed by atoms with E-state index in [-0.39, 0.29) is 24.3 Å². The van der Waals surface area contributed by atoms with Gasteiger partial charge in [0.25, 0.3) is 0 Å². The number of carboxylic acid groups (broad SMARTS) is 1. The van der Waals surface area contributed by atoms with E-state index >= 15 is 0 Å². The van der Waals surface area contributed by atoms with E-state index in [9.17, 15) is 14.7 Å². The standard InChI is InChI=1S/C20H30N2O3/c1-3-5-11-17-13-22(14-20(17,21)19(24)25)18(23)16(4-2)12-15-9-7-6-8-10-15/h6-10,16-17H,3-5,11-14,21H2,1-2H3,(H,24,25). The number of carbonyl (C=O) groups excluding carboxylic acids is 1. The predicted molar refractivity (Wildman–Crippen MR) is 98.1 cm³/mol. The molecule has 1 heterocycles. The van der Waals surface area contributed by atoms with Gasteiger partial charge in [-0.3, -0.25) is 9.59 Å². The van der Waals surface area contributed by atoms with Gasteiger partial charge < -0.3 is 15.7 Å². The lowest BCUT2D eigenvalue weighted by Crippen LogP contribution is -2.55. The Morgan fingerprint density at radius 3 is 2.56 bits per heavy atom. The quantitative estimate of drug-likeness (QED) is 0.758. The van der Waals surface area contributed by atoms with Crippen LogP contribution >= 0.6 is 0 Å². The van der Waals surface area contributed by atoms with Crippen LogP contribution in [0.4, 0.5) is 0 Å². The Bertz CT molecular complexity index is 590. The Morgan fingerprint density at radius 1 is 1.32 bits per heavy atom. The Morgan fingerprint density at radius 2 is 2.00 bits per heavy atom. The molecule has 2 rings (SSSR count). The van der Waals surface area contributed by atoms with Crippen molar-refractivity contribution in [1.82, 2.24) is 4.90 Å². The highest BCUT2D eigenvalue weighted by molar-refractivity contribution is 5.84. The largest absolute Gasteiger partial charge is 0.480 e. The van der Waals surface area contributed by atoms with Crippen molar-refractivity contribution in [2.24, 2.45) is 17.6 Å². The molecule has 1 aromatic carbocycles. The van der Waals surface area contributed by atoms with E-state index < -0.39 is 11.5 Å². The molecular formula is C20H30N2O3. The summed E-state index contributed by atoms with van der Waals surface area (Å²) in [5, 5.41) is 9.61. The summed E-state index contributed by atoms with van der Waals surface area (Å²) >= 11 is 0. The van der Waals surface area contributed by atoms with Crippen molar-refractivity contribution in [3.8, 4) is 0 Å². The predicted octanol–water partition coefficient (Wildman–Crippen LogP) is 2.69. The van der Waals surface area contributed by atoms with Crippen molar-refractivity contribution in [3.63, 3.8) is 0 Å². The molecule has 3 atom stereocenters. The van der Waals surface area contributed by atoms with E-state index in [0.717, 1.165) is 31.2 Å². The van der Waals surface area contributed by atoms with Crippen LogP contribution in [0, 0.1) is 11.8 Å². The first-order valence-electron chi connectivity index (χ1n) is 9.27. The topological polar surface area (TPSA) is 83.6 Å². The van der Waals surface area contributed by atoms with E-state index in [0.29, 0.717) is 13.0 Å². The van der Waals surface area contributed by atoms with Gasteiger partial charge in [-0.25, -0.2) is 0 Å². The highest BCUT2D eigenvalue weighted by Gasteiger charge is 2.50. The molecule has 1 amide bonds. The molecule has 0 spiro atoms. The van der Waals surface area contributed by atoms with Crippen molar-refractivity contribution in [2.45, 2.75) is 51.5 Å². The first kappa shape index (κ1) is 19.4. The molecule has 1 saturated heterocycles. The Hall–Kier alpha value is -1.88. The van der Waals surface area contributed by atoms with Gasteiger partial charge in [-0.2, -0.15) is 0 Å². The van der Waals surface area contributed by atoms with Crippen molar-refractivity contribution in [2.75, 3.05) is 13.1 Å². The fraction of sp³-hybridized carbons (Fsp3) is 0.600.